The van der Waals surface area contributed by atoms with Crippen LogP contribution >= 0.6 is 7.82 Å². The maximum Gasteiger partial charge on any atom is 0.472 e. The number of carbonyl (C=O) groups is 2. The van der Waals surface area contributed by atoms with Gasteiger partial charge in [-0.05, 0) is 12.8 Å². The molecule has 11 heteroatoms. The number of rotatable bonds is 60. The van der Waals surface area contributed by atoms with E-state index in [9.17, 15) is 29.3 Å². The van der Waals surface area contributed by atoms with Crippen LogP contribution in [0.4, 0.5) is 0 Å². The zero-order valence-electron chi connectivity index (χ0n) is 47.0. The van der Waals surface area contributed by atoms with E-state index in [1.165, 1.54) is 257 Å². The molecule has 0 rings (SSSR count). The van der Waals surface area contributed by atoms with Crippen LogP contribution in [0.3, 0.4) is 0 Å². The van der Waals surface area contributed by atoms with Gasteiger partial charge < -0.3 is 24.6 Å². The van der Waals surface area contributed by atoms with Crippen LogP contribution < -0.4 is 0 Å². The van der Waals surface area contributed by atoms with Gasteiger partial charge in [-0.15, -0.1) is 0 Å². The number of aliphatic hydroxyl groups is 2. The van der Waals surface area contributed by atoms with Crippen LogP contribution in [0, 0.1) is 0 Å². The average molecular weight is 1030 g/mol. The second-order valence-corrected chi connectivity index (χ2v) is 22.9. The van der Waals surface area contributed by atoms with E-state index in [1.807, 2.05) is 0 Å². The van der Waals surface area contributed by atoms with Crippen molar-refractivity contribution in [2.45, 2.75) is 347 Å². The summed E-state index contributed by atoms with van der Waals surface area (Å²) in [5, 5.41) is 19.3. The summed E-state index contributed by atoms with van der Waals surface area (Å²) in [4.78, 5) is 34.9. The van der Waals surface area contributed by atoms with Crippen molar-refractivity contribution in [3.8, 4) is 0 Å². The van der Waals surface area contributed by atoms with Gasteiger partial charge in [-0.3, -0.25) is 18.6 Å². The Kier molecular flexibility index (Phi) is 55.9. The highest BCUT2D eigenvalue weighted by atomic mass is 31.2. The number of aliphatic hydroxyl groups excluding tert-OH is 2. The molecule has 0 fully saturated rings. The molecule has 10 nitrogen and oxygen atoms in total. The van der Waals surface area contributed by atoms with Gasteiger partial charge in [0.15, 0.2) is 0 Å². The molecule has 71 heavy (non-hydrogen) atoms. The third-order valence-corrected chi connectivity index (χ3v) is 15.3. The standard InChI is InChI=1S/C60H119O10P/c1-3-5-7-9-11-13-15-17-19-21-23-25-27-29-31-33-35-37-39-41-43-45-47-49-51-59(63)69-57(53-61)55-67-71(65,66)68-56-58(54-62)70-60(64)52-50-48-46-44-42-40-38-36-34-32-30-28-26-24-22-20-18-16-14-12-10-8-6-4-2/h57-58,61-62H,3-56H2,1-2H3,(H,65,66). The molecule has 0 radical (unpaired) electrons. The number of hydrogen-bond donors (Lipinski definition) is 3. The van der Waals surface area contributed by atoms with Crippen molar-refractivity contribution >= 4 is 19.8 Å². The molecule has 2 unspecified atom stereocenters. The number of unbranched alkanes of at least 4 members (excludes halogenated alkanes) is 46. The Hall–Kier alpha value is -1.03. The van der Waals surface area contributed by atoms with Crippen molar-refractivity contribution in [1.29, 1.82) is 0 Å². The second-order valence-electron chi connectivity index (χ2n) is 21.4. The molecule has 0 aliphatic carbocycles. The van der Waals surface area contributed by atoms with Gasteiger partial charge in [-0.1, -0.05) is 309 Å². The highest BCUT2D eigenvalue weighted by Gasteiger charge is 2.27. The number of ether oxygens (including phenoxy) is 2. The Morgan fingerprint density at radius 1 is 0.324 bits per heavy atom. The summed E-state index contributed by atoms with van der Waals surface area (Å²) in [7, 11) is -4.64. The third-order valence-electron chi connectivity index (χ3n) is 14.3. The highest BCUT2D eigenvalue weighted by Crippen LogP contribution is 2.43. The summed E-state index contributed by atoms with van der Waals surface area (Å²) in [6.45, 7) is 2.32. The van der Waals surface area contributed by atoms with Crippen LogP contribution in [0.2, 0.25) is 0 Å². The Bertz CT molecular complexity index is 1060. The van der Waals surface area contributed by atoms with Crippen molar-refractivity contribution in [2.24, 2.45) is 0 Å². The number of carbonyl (C=O) groups excluding carboxylic acids is 2. The fourth-order valence-corrected chi connectivity index (χ4v) is 10.4. The van der Waals surface area contributed by atoms with Crippen molar-refractivity contribution in [3.63, 3.8) is 0 Å². The SMILES string of the molecule is CCCCCCCCCCCCCCCCCCCCCCCCCCC(=O)OC(CO)COP(=O)(O)OCC(CO)OC(=O)CCCCCCCCCCCCCCCCCCCCCCCCCC. The van der Waals surface area contributed by atoms with E-state index in [1.54, 1.807) is 0 Å². The minimum absolute atomic E-state index is 0.201. The zero-order valence-corrected chi connectivity index (χ0v) is 47.9. The number of phosphoric acid groups is 1. The molecule has 424 valence electrons. The monoisotopic (exact) mass is 1030 g/mol. The Balaban J connectivity index is 3.69. The van der Waals surface area contributed by atoms with Crippen LogP contribution in [0.5, 0.6) is 0 Å². The lowest BCUT2D eigenvalue weighted by molar-refractivity contribution is -0.153. The molecule has 3 N–H and O–H groups in total. The fraction of sp³-hybridized carbons (Fsp3) is 0.967. The molecule has 0 bridgehead atoms. The predicted molar refractivity (Wildman–Crippen MR) is 298 cm³/mol. The van der Waals surface area contributed by atoms with Gasteiger partial charge >= 0.3 is 19.8 Å². The van der Waals surface area contributed by atoms with Crippen molar-refractivity contribution in [2.75, 3.05) is 26.4 Å². The molecule has 0 saturated heterocycles. The Morgan fingerprint density at radius 2 is 0.493 bits per heavy atom. The molecule has 0 saturated carbocycles. The van der Waals surface area contributed by atoms with E-state index in [4.69, 9.17) is 18.5 Å². The van der Waals surface area contributed by atoms with Crippen LogP contribution in [0.1, 0.15) is 335 Å². The first kappa shape index (κ1) is 70.0. The summed E-state index contributed by atoms with van der Waals surface area (Å²) < 4.78 is 32.9. The summed E-state index contributed by atoms with van der Waals surface area (Å²) >= 11 is 0. The Labute approximate surface area is 439 Å². The topological polar surface area (TPSA) is 149 Å². The van der Waals surface area contributed by atoms with Crippen LogP contribution in [0.15, 0.2) is 0 Å². The summed E-state index contributed by atoms with van der Waals surface area (Å²) in [6.07, 6.45) is 61.0. The van der Waals surface area contributed by atoms with Crippen molar-refractivity contribution < 1.29 is 47.8 Å². The second kappa shape index (κ2) is 56.7. The van der Waals surface area contributed by atoms with Gasteiger partial charge in [0.05, 0.1) is 26.4 Å². The van der Waals surface area contributed by atoms with Crippen LogP contribution in [-0.4, -0.2) is 65.7 Å². The first-order chi connectivity index (χ1) is 34.8. The van der Waals surface area contributed by atoms with E-state index in [-0.39, 0.29) is 12.8 Å². The first-order valence-electron chi connectivity index (χ1n) is 31.0. The quantitative estimate of drug-likeness (QED) is 0.0305. The van der Waals surface area contributed by atoms with Crippen molar-refractivity contribution in [1.82, 2.24) is 0 Å². The summed E-state index contributed by atoms with van der Waals surface area (Å²) in [5.41, 5.74) is 0. The summed E-state index contributed by atoms with van der Waals surface area (Å²) in [6, 6.07) is 0. The van der Waals surface area contributed by atoms with E-state index >= 15 is 0 Å². The predicted octanol–water partition coefficient (Wildman–Crippen LogP) is 18.5. The Morgan fingerprint density at radius 3 is 0.662 bits per heavy atom. The molecule has 0 aliphatic heterocycles. The normalized spacial score (nSPS) is 13.4. The van der Waals surface area contributed by atoms with E-state index in [0.29, 0.717) is 12.8 Å². The van der Waals surface area contributed by atoms with Crippen molar-refractivity contribution in [3.05, 3.63) is 0 Å². The van der Waals surface area contributed by atoms with Crippen LogP contribution in [-0.2, 0) is 32.7 Å². The van der Waals surface area contributed by atoms with Gasteiger partial charge in [-0.25, -0.2) is 4.57 Å². The minimum Gasteiger partial charge on any atom is -0.457 e. The molecule has 0 heterocycles. The van der Waals surface area contributed by atoms with Gasteiger partial charge in [0.2, 0.25) is 0 Å². The molecule has 0 aliphatic rings. The first-order valence-corrected chi connectivity index (χ1v) is 32.5. The number of hydrogen-bond acceptors (Lipinski definition) is 9. The van der Waals surface area contributed by atoms with Gasteiger partial charge in [0.1, 0.15) is 12.2 Å². The number of esters is 2. The number of phosphoric ester groups is 1. The smallest absolute Gasteiger partial charge is 0.457 e. The lowest BCUT2D eigenvalue weighted by Crippen LogP contribution is -2.28. The highest BCUT2D eigenvalue weighted by molar-refractivity contribution is 7.47. The third kappa shape index (κ3) is 55.0. The lowest BCUT2D eigenvalue weighted by atomic mass is 10.0. The van der Waals surface area contributed by atoms with E-state index in [2.05, 4.69) is 13.8 Å². The van der Waals surface area contributed by atoms with Gasteiger partial charge in [0.25, 0.3) is 0 Å². The lowest BCUT2D eigenvalue weighted by Gasteiger charge is -2.20. The average Bonchev–Trinajstić information content (AvgIpc) is 3.36. The fourth-order valence-electron chi connectivity index (χ4n) is 9.59. The molecule has 0 aromatic carbocycles. The van der Waals surface area contributed by atoms with E-state index < -0.39 is 58.4 Å². The van der Waals surface area contributed by atoms with Gasteiger partial charge in [-0.2, -0.15) is 0 Å². The zero-order chi connectivity index (χ0) is 51.8. The summed E-state index contributed by atoms with van der Waals surface area (Å²) in [5.74, 6) is -0.994. The molecule has 0 spiro atoms. The minimum atomic E-state index is -4.64. The van der Waals surface area contributed by atoms with E-state index in [0.717, 1.165) is 38.5 Å². The molecule has 2 atom stereocenters. The maximum atomic E-state index is 12.5. The van der Waals surface area contributed by atoms with Crippen LogP contribution in [0.25, 0.3) is 0 Å². The molecule has 0 aromatic rings. The molecule has 0 aromatic heterocycles. The molecular weight excluding hydrogens is 912 g/mol. The molecule has 0 amide bonds. The molecular formula is C60H119O10P. The maximum absolute atomic E-state index is 12.5. The van der Waals surface area contributed by atoms with Gasteiger partial charge in [0, 0.05) is 12.8 Å². The largest absolute Gasteiger partial charge is 0.472 e.